The highest BCUT2D eigenvalue weighted by Crippen LogP contribution is 2.28. The summed E-state index contributed by atoms with van der Waals surface area (Å²) in [4.78, 5) is 14.5. The molecule has 1 aromatic carbocycles. The molecule has 1 aromatic rings. The van der Waals surface area contributed by atoms with Crippen molar-refractivity contribution in [3.8, 4) is 0 Å². The molecule has 1 heterocycles. The van der Waals surface area contributed by atoms with Gasteiger partial charge in [-0.1, -0.05) is 13.8 Å². The zero-order valence-electron chi connectivity index (χ0n) is 13.4. The Morgan fingerprint density at radius 1 is 1.43 bits per heavy atom. The number of anilines is 2. The first kappa shape index (κ1) is 15.8. The van der Waals surface area contributed by atoms with Crippen LogP contribution < -0.4 is 11.1 Å². The van der Waals surface area contributed by atoms with E-state index in [0.29, 0.717) is 11.8 Å². The number of carbonyl (C=O) groups excluding carboxylic acids is 1. The van der Waals surface area contributed by atoms with Gasteiger partial charge in [0.1, 0.15) is 0 Å². The quantitative estimate of drug-likeness (QED) is 0.838. The van der Waals surface area contributed by atoms with Crippen LogP contribution in [0.25, 0.3) is 0 Å². The van der Waals surface area contributed by atoms with E-state index in [2.05, 4.69) is 24.1 Å². The van der Waals surface area contributed by atoms with E-state index in [-0.39, 0.29) is 5.91 Å². The van der Waals surface area contributed by atoms with Crippen molar-refractivity contribution in [2.24, 2.45) is 5.41 Å². The van der Waals surface area contributed by atoms with Crippen LogP contribution in [0.1, 0.15) is 38.7 Å². The highest BCUT2D eigenvalue weighted by Gasteiger charge is 2.26. The molecule has 1 fully saturated rings. The van der Waals surface area contributed by atoms with Crippen molar-refractivity contribution in [1.82, 2.24) is 4.90 Å². The van der Waals surface area contributed by atoms with Gasteiger partial charge in [0.2, 0.25) is 5.91 Å². The van der Waals surface area contributed by atoms with Gasteiger partial charge in [0.15, 0.2) is 0 Å². The summed E-state index contributed by atoms with van der Waals surface area (Å²) in [6.07, 6.45) is 3.05. The summed E-state index contributed by atoms with van der Waals surface area (Å²) in [5, 5.41) is 2.98. The molecule has 0 atom stereocenters. The van der Waals surface area contributed by atoms with Gasteiger partial charge < -0.3 is 16.0 Å². The number of aryl methyl sites for hydroxylation is 1. The number of carbonyl (C=O) groups is 1. The standard InChI is InChI=1S/C17H27N3O/c1-13-11-14(18)5-6-15(13)19-16(21)7-10-20-9-4-8-17(2,3)12-20/h5-6,11H,4,7-10,12,18H2,1-3H3,(H,19,21). The molecule has 0 saturated carbocycles. The van der Waals surface area contributed by atoms with Gasteiger partial charge in [-0.2, -0.15) is 0 Å². The second-order valence-corrected chi connectivity index (χ2v) is 6.92. The van der Waals surface area contributed by atoms with Crippen molar-refractivity contribution in [2.45, 2.75) is 40.0 Å². The van der Waals surface area contributed by atoms with Crippen molar-refractivity contribution in [2.75, 3.05) is 30.7 Å². The molecule has 1 aliphatic rings. The van der Waals surface area contributed by atoms with E-state index in [1.54, 1.807) is 0 Å². The van der Waals surface area contributed by atoms with Gasteiger partial charge in [-0.15, -0.1) is 0 Å². The van der Waals surface area contributed by atoms with Crippen LogP contribution in [-0.4, -0.2) is 30.4 Å². The number of nitrogens with one attached hydrogen (secondary N) is 1. The fourth-order valence-corrected chi connectivity index (χ4v) is 3.04. The summed E-state index contributed by atoms with van der Waals surface area (Å²) in [5.41, 5.74) is 8.68. The lowest BCUT2D eigenvalue weighted by Gasteiger charge is -2.37. The maximum Gasteiger partial charge on any atom is 0.225 e. The zero-order chi connectivity index (χ0) is 15.5. The average Bonchev–Trinajstić information content (AvgIpc) is 2.39. The maximum atomic E-state index is 12.1. The third-order valence-electron chi connectivity index (χ3n) is 4.16. The minimum absolute atomic E-state index is 0.0752. The van der Waals surface area contributed by atoms with E-state index in [0.717, 1.165) is 36.6 Å². The van der Waals surface area contributed by atoms with Gasteiger partial charge in [0.05, 0.1) is 0 Å². The average molecular weight is 289 g/mol. The number of likely N-dealkylation sites (tertiary alicyclic amines) is 1. The molecule has 0 aromatic heterocycles. The van der Waals surface area contributed by atoms with E-state index < -0.39 is 0 Å². The van der Waals surface area contributed by atoms with Crippen LogP contribution in [0.2, 0.25) is 0 Å². The zero-order valence-corrected chi connectivity index (χ0v) is 13.4. The Morgan fingerprint density at radius 2 is 2.19 bits per heavy atom. The number of rotatable bonds is 4. The number of amides is 1. The normalized spacial score (nSPS) is 18.4. The first-order valence-electron chi connectivity index (χ1n) is 7.74. The third kappa shape index (κ3) is 4.74. The lowest BCUT2D eigenvalue weighted by Crippen LogP contribution is -2.41. The third-order valence-corrected chi connectivity index (χ3v) is 4.16. The fourth-order valence-electron chi connectivity index (χ4n) is 3.04. The number of hydrogen-bond acceptors (Lipinski definition) is 3. The van der Waals surface area contributed by atoms with Crippen molar-refractivity contribution < 1.29 is 4.79 Å². The van der Waals surface area contributed by atoms with E-state index in [1.165, 1.54) is 12.8 Å². The summed E-state index contributed by atoms with van der Waals surface area (Å²) < 4.78 is 0. The highest BCUT2D eigenvalue weighted by atomic mass is 16.1. The summed E-state index contributed by atoms with van der Waals surface area (Å²) in [6, 6.07) is 5.56. The molecule has 2 rings (SSSR count). The summed E-state index contributed by atoms with van der Waals surface area (Å²) >= 11 is 0. The number of nitrogens with two attached hydrogens (primary N) is 1. The van der Waals surface area contributed by atoms with Crippen LogP contribution in [0, 0.1) is 12.3 Å². The molecule has 1 saturated heterocycles. The Bertz CT molecular complexity index is 511. The smallest absolute Gasteiger partial charge is 0.225 e. The molecule has 0 unspecified atom stereocenters. The predicted molar refractivity (Wildman–Crippen MR) is 88.3 cm³/mol. The SMILES string of the molecule is Cc1cc(N)ccc1NC(=O)CCN1CCCC(C)(C)C1. The maximum absolute atomic E-state index is 12.1. The van der Waals surface area contributed by atoms with Gasteiger partial charge in [-0.3, -0.25) is 4.79 Å². The lowest BCUT2D eigenvalue weighted by atomic mass is 9.84. The van der Waals surface area contributed by atoms with Crippen molar-refractivity contribution in [3.63, 3.8) is 0 Å². The fraction of sp³-hybridized carbons (Fsp3) is 0.588. The van der Waals surface area contributed by atoms with E-state index in [1.807, 2.05) is 25.1 Å². The Hall–Kier alpha value is -1.55. The Kier molecular flexibility index (Phi) is 4.88. The van der Waals surface area contributed by atoms with Crippen LogP contribution in [0.5, 0.6) is 0 Å². The first-order valence-corrected chi connectivity index (χ1v) is 7.74. The van der Waals surface area contributed by atoms with Crippen molar-refractivity contribution >= 4 is 17.3 Å². The van der Waals surface area contributed by atoms with Crippen LogP contribution in [0.4, 0.5) is 11.4 Å². The molecule has 0 aliphatic carbocycles. The highest BCUT2D eigenvalue weighted by molar-refractivity contribution is 5.91. The predicted octanol–water partition coefficient (Wildman–Crippen LogP) is 3.03. The van der Waals surface area contributed by atoms with Gasteiger partial charge >= 0.3 is 0 Å². The monoisotopic (exact) mass is 289 g/mol. The Labute approximate surface area is 127 Å². The van der Waals surface area contributed by atoms with Crippen molar-refractivity contribution in [3.05, 3.63) is 23.8 Å². The first-order chi connectivity index (χ1) is 9.85. The molecule has 21 heavy (non-hydrogen) atoms. The van der Waals surface area contributed by atoms with Crippen LogP contribution in [-0.2, 0) is 4.79 Å². The molecule has 0 radical (unpaired) electrons. The molecular weight excluding hydrogens is 262 g/mol. The Balaban J connectivity index is 1.82. The molecule has 116 valence electrons. The molecule has 3 N–H and O–H groups in total. The summed E-state index contributed by atoms with van der Waals surface area (Å²) in [6.45, 7) is 9.59. The van der Waals surface area contributed by atoms with E-state index >= 15 is 0 Å². The van der Waals surface area contributed by atoms with Crippen LogP contribution in [0.15, 0.2) is 18.2 Å². The van der Waals surface area contributed by atoms with Crippen LogP contribution in [0.3, 0.4) is 0 Å². The number of piperidine rings is 1. The van der Waals surface area contributed by atoms with E-state index in [9.17, 15) is 4.79 Å². The molecule has 0 spiro atoms. The summed E-state index contributed by atoms with van der Waals surface area (Å²) in [5.74, 6) is 0.0752. The molecule has 0 bridgehead atoms. The largest absolute Gasteiger partial charge is 0.399 e. The number of benzene rings is 1. The molecule has 4 nitrogen and oxygen atoms in total. The van der Waals surface area contributed by atoms with Crippen LogP contribution >= 0.6 is 0 Å². The number of nitrogen functional groups attached to an aromatic ring is 1. The van der Waals surface area contributed by atoms with Gasteiger partial charge in [0.25, 0.3) is 0 Å². The molecule has 1 amide bonds. The van der Waals surface area contributed by atoms with Crippen molar-refractivity contribution in [1.29, 1.82) is 0 Å². The molecule has 4 heteroatoms. The minimum Gasteiger partial charge on any atom is -0.399 e. The minimum atomic E-state index is 0.0752. The van der Waals surface area contributed by atoms with Gasteiger partial charge in [0, 0.05) is 30.9 Å². The topological polar surface area (TPSA) is 58.4 Å². The Morgan fingerprint density at radius 3 is 2.86 bits per heavy atom. The second-order valence-electron chi connectivity index (χ2n) is 6.92. The number of hydrogen-bond donors (Lipinski definition) is 2. The summed E-state index contributed by atoms with van der Waals surface area (Å²) in [7, 11) is 0. The number of nitrogens with zero attached hydrogens (tertiary/aromatic N) is 1. The second kappa shape index (κ2) is 6.48. The molecular formula is C17H27N3O. The molecule has 1 aliphatic heterocycles. The lowest BCUT2D eigenvalue weighted by molar-refractivity contribution is -0.116. The van der Waals surface area contributed by atoms with Gasteiger partial charge in [-0.25, -0.2) is 0 Å². The van der Waals surface area contributed by atoms with E-state index in [4.69, 9.17) is 5.73 Å². The van der Waals surface area contributed by atoms with Gasteiger partial charge in [-0.05, 0) is 55.5 Å².